The minimum Gasteiger partial charge on any atom is -0.446 e. The molecule has 2 N–H and O–H groups in total. The maximum Gasteiger partial charge on any atom is 0.194 e. The second-order valence-electron chi connectivity index (χ2n) is 3.56. The molecule has 0 radical (unpaired) electrons. The third kappa shape index (κ3) is 2.37. The van der Waals surface area contributed by atoms with E-state index in [9.17, 15) is 0 Å². The highest BCUT2D eigenvalue weighted by atomic mass is 16.3. The van der Waals surface area contributed by atoms with Crippen molar-refractivity contribution in [1.29, 1.82) is 0 Å². The van der Waals surface area contributed by atoms with Crippen LogP contribution in [0.4, 0.5) is 5.69 Å². The maximum atomic E-state index is 5.84. The van der Waals surface area contributed by atoms with E-state index in [1.165, 1.54) is 0 Å². The molecule has 2 aromatic rings. The molecule has 0 unspecified atom stereocenters. The van der Waals surface area contributed by atoms with E-state index in [0.29, 0.717) is 0 Å². The molecule has 0 bridgehead atoms. The Morgan fingerprint density at radius 3 is 2.73 bits per heavy atom. The summed E-state index contributed by atoms with van der Waals surface area (Å²) in [4.78, 5) is 4.15. The van der Waals surface area contributed by atoms with Crippen molar-refractivity contribution in [3.8, 4) is 0 Å². The van der Waals surface area contributed by atoms with Crippen molar-refractivity contribution in [1.82, 2.24) is 4.98 Å². The summed E-state index contributed by atoms with van der Waals surface area (Å²) < 4.78 is 5.39. The van der Waals surface area contributed by atoms with Gasteiger partial charge in [-0.1, -0.05) is 18.2 Å². The highest BCUT2D eigenvalue weighted by Gasteiger charge is 2.03. The van der Waals surface area contributed by atoms with Crippen LogP contribution in [0.25, 0.3) is 0 Å². The van der Waals surface area contributed by atoms with Gasteiger partial charge in [0.2, 0.25) is 0 Å². The van der Waals surface area contributed by atoms with Gasteiger partial charge in [0.1, 0.15) is 5.76 Å². The molecule has 0 saturated heterocycles. The van der Waals surface area contributed by atoms with Crippen molar-refractivity contribution in [3.63, 3.8) is 0 Å². The molecule has 0 atom stereocenters. The number of aryl methyl sites for hydroxylation is 3. The predicted molar refractivity (Wildman–Crippen MR) is 59.5 cm³/mol. The number of nitrogens with two attached hydrogens (primary N) is 1. The molecule has 1 heterocycles. The Morgan fingerprint density at radius 1 is 1.27 bits per heavy atom. The van der Waals surface area contributed by atoms with Crippen LogP contribution >= 0.6 is 0 Å². The lowest BCUT2D eigenvalue weighted by atomic mass is 10.1. The third-order valence-electron chi connectivity index (χ3n) is 2.33. The molecule has 0 amide bonds. The van der Waals surface area contributed by atoms with E-state index >= 15 is 0 Å². The number of nitrogen functional groups attached to an aromatic ring is 1. The Bertz CT molecular complexity index is 448. The van der Waals surface area contributed by atoms with Gasteiger partial charge < -0.3 is 10.2 Å². The zero-order valence-electron chi connectivity index (χ0n) is 8.73. The van der Waals surface area contributed by atoms with Crippen molar-refractivity contribution in [2.45, 2.75) is 19.8 Å². The largest absolute Gasteiger partial charge is 0.446 e. The van der Waals surface area contributed by atoms with Crippen LogP contribution in [0.1, 0.15) is 17.2 Å². The van der Waals surface area contributed by atoms with Gasteiger partial charge in [0.05, 0.1) is 6.20 Å². The first-order valence-electron chi connectivity index (χ1n) is 5.00. The standard InChI is InChI=1S/C12H14N2O/c1-9-8-14-12(15-9)7-6-10-4-2-3-5-11(10)13/h2-5,8H,6-7,13H2,1H3. The number of nitrogens with zero attached hydrogens (tertiary/aromatic N) is 1. The smallest absolute Gasteiger partial charge is 0.194 e. The molecule has 1 aromatic heterocycles. The zero-order valence-corrected chi connectivity index (χ0v) is 8.73. The maximum absolute atomic E-state index is 5.84. The summed E-state index contributed by atoms with van der Waals surface area (Å²) in [5.41, 5.74) is 7.82. The average molecular weight is 202 g/mol. The number of oxazole rings is 1. The monoisotopic (exact) mass is 202 g/mol. The van der Waals surface area contributed by atoms with Crippen LogP contribution in [0.5, 0.6) is 0 Å². The Kier molecular flexibility index (Phi) is 2.72. The average Bonchev–Trinajstić information content (AvgIpc) is 2.63. The van der Waals surface area contributed by atoms with Gasteiger partial charge in [-0.05, 0) is 25.0 Å². The van der Waals surface area contributed by atoms with Gasteiger partial charge >= 0.3 is 0 Å². The number of anilines is 1. The fourth-order valence-corrected chi connectivity index (χ4v) is 1.52. The minimum absolute atomic E-state index is 0.774. The molecule has 0 aliphatic rings. The van der Waals surface area contributed by atoms with Gasteiger partial charge in [-0.15, -0.1) is 0 Å². The van der Waals surface area contributed by atoms with Crippen LogP contribution in [0.3, 0.4) is 0 Å². The summed E-state index contributed by atoms with van der Waals surface area (Å²) in [7, 11) is 0. The summed E-state index contributed by atoms with van der Waals surface area (Å²) in [5, 5.41) is 0. The van der Waals surface area contributed by atoms with E-state index in [1.54, 1.807) is 6.20 Å². The van der Waals surface area contributed by atoms with Gasteiger partial charge in [0, 0.05) is 12.1 Å². The Labute approximate surface area is 88.9 Å². The van der Waals surface area contributed by atoms with E-state index < -0.39 is 0 Å². The molecule has 3 heteroatoms. The lowest BCUT2D eigenvalue weighted by molar-refractivity contribution is 0.470. The fraction of sp³-hybridized carbons (Fsp3) is 0.250. The molecule has 15 heavy (non-hydrogen) atoms. The van der Waals surface area contributed by atoms with Crippen LogP contribution < -0.4 is 5.73 Å². The Hall–Kier alpha value is -1.77. The van der Waals surface area contributed by atoms with E-state index in [0.717, 1.165) is 35.7 Å². The first kappa shape index (κ1) is 9.77. The molecular weight excluding hydrogens is 188 g/mol. The highest BCUT2D eigenvalue weighted by Crippen LogP contribution is 2.13. The summed E-state index contributed by atoms with van der Waals surface area (Å²) in [5.74, 6) is 1.63. The third-order valence-corrected chi connectivity index (χ3v) is 2.33. The van der Waals surface area contributed by atoms with Crippen LogP contribution in [0, 0.1) is 6.92 Å². The quantitative estimate of drug-likeness (QED) is 0.777. The minimum atomic E-state index is 0.774. The number of rotatable bonds is 3. The molecule has 3 nitrogen and oxygen atoms in total. The van der Waals surface area contributed by atoms with E-state index in [1.807, 2.05) is 31.2 Å². The van der Waals surface area contributed by atoms with Gasteiger partial charge in [0.15, 0.2) is 5.89 Å². The zero-order chi connectivity index (χ0) is 10.7. The van der Waals surface area contributed by atoms with Gasteiger partial charge in [-0.25, -0.2) is 4.98 Å². The predicted octanol–water partition coefficient (Wildman–Crippen LogP) is 2.35. The van der Waals surface area contributed by atoms with Crippen molar-refractivity contribution >= 4 is 5.69 Å². The van der Waals surface area contributed by atoms with Crippen molar-refractivity contribution < 1.29 is 4.42 Å². The molecule has 78 valence electrons. The molecule has 0 saturated carbocycles. The molecular formula is C12H14N2O. The van der Waals surface area contributed by atoms with Crippen LogP contribution in [-0.2, 0) is 12.8 Å². The van der Waals surface area contributed by atoms with Gasteiger partial charge in [-0.2, -0.15) is 0 Å². The van der Waals surface area contributed by atoms with Gasteiger partial charge in [0.25, 0.3) is 0 Å². The second kappa shape index (κ2) is 4.17. The molecule has 0 aliphatic heterocycles. The normalized spacial score (nSPS) is 10.5. The van der Waals surface area contributed by atoms with Crippen LogP contribution in [-0.4, -0.2) is 4.98 Å². The van der Waals surface area contributed by atoms with E-state index in [-0.39, 0.29) is 0 Å². The first-order valence-corrected chi connectivity index (χ1v) is 5.00. The molecule has 2 rings (SSSR count). The lowest BCUT2D eigenvalue weighted by Crippen LogP contribution is -1.96. The summed E-state index contributed by atoms with van der Waals surface area (Å²) in [6.45, 7) is 1.90. The molecule has 0 fully saturated rings. The highest BCUT2D eigenvalue weighted by molar-refractivity contribution is 5.46. The summed E-state index contributed by atoms with van der Waals surface area (Å²) >= 11 is 0. The summed E-state index contributed by atoms with van der Waals surface area (Å²) in [6.07, 6.45) is 3.40. The van der Waals surface area contributed by atoms with Crippen LogP contribution in [0.2, 0.25) is 0 Å². The van der Waals surface area contributed by atoms with Crippen LogP contribution in [0.15, 0.2) is 34.9 Å². The van der Waals surface area contributed by atoms with E-state index in [4.69, 9.17) is 10.2 Å². The number of benzene rings is 1. The molecule has 1 aromatic carbocycles. The summed E-state index contributed by atoms with van der Waals surface area (Å²) in [6, 6.07) is 7.88. The lowest BCUT2D eigenvalue weighted by Gasteiger charge is -2.02. The van der Waals surface area contributed by atoms with Crippen molar-refractivity contribution in [2.24, 2.45) is 0 Å². The fourth-order valence-electron chi connectivity index (χ4n) is 1.52. The number of hydrogen-bond acceptors (Lipinski definition) is 3. The number of aromatic nitrogens is 1. The second-order valence-corrected chi connectivity index (χ2v) is 3.56. The van der Waals surface area contributed by atoms with Crippen molar-refractivity contribution in [2.75, 3.05) is 5.73 Å². The molecule has 0 spiro atoms. The SMILES string of the molecule is Cc1cnc(CCc2ccccc2N)o1. The Morgan fingerprint density at radius 2 is 2.07 bits per heavy atom. The Balaban J connectivity index is 2.02. The topological polar surface area (TPSA) is 52.0 Å². The number of para-hydroxylation sites is 1. The van der Waals surface area contributed by atoms with Gasteiger partial charge in [-0.3, -0.25) is 0 Å². The molecule has 0 aliphatic carbocycles. The first-order chi connectivity index (χ1) is 7.25. The number of hydrogen-bond donors (Lipinski definition) is 1. The van der Waals surface area contributed by atoms with Crippen molar-refractivity contribution in [3.05, 3.63) is 47.7 Å². The van der Waals surface area contributed by atoms with E-state index in [2.05, 4.69) is 4.98 Å².